The molecule has 3 aromatic rings. The highest BCUT2D eigenvalue weighted by Crippen LogP contribution is 2.13. The van der Waals surface area contributed by atoms with Gasteiger partial charge in [0.1, 0.15) is 11.6 Å². The summed E-state index contributed by atoms with van der Waals surface area (Å²) in [6.45, 7) is 0. The number of esters is 1. The van der Waals surface area contributed by atoms with Crippen molar-refractivity contribution in [2.45, 2.75) is 6.42 Å². The molecule has 0 atom stereocenters. The second kappa shape index (κ2) is 6.64. The Hall–Kier alpha value is -3.35. The third kappa shape index (κ3) is 3.30. The number of aromatic amines is 1. The number of methoxy groups -OCH3 is 1. The number of nitrogens with one attached hydrogen (secondary N) is 1. The molecule has 0 radical (unpaired) electrons. The van der Waals surface area contributed by atoms with Crippen molar-refractivity contribution in [1.29, 1.82) is 0 Å². The predicted octanol–water partition coefficient (Wildman–Crippen LogP) is 2.27. The van der Waals surface area contributed by atoms with E-state index in [9.17, 15) is 18.8 Å². The Morgan fingerprint density at radius 3 is 2.68 bits per heavy atom. The molecule has 0 unspecified atom stereocenters. The van der Waals surface area contributed by atoms with Gasteiger partial charge in [-0.3, -0.25) is 9.59 Å². The van der Waals surface area contributed by atoms with Gasteiger partial charge in [0, 0.05) is 0 Å². The molecule has 3 rings (SSSR count). The lowest BCUT2D eigenvalue weighted by atomic mass is 10.1. The van der Waals surface area contributed by atoms with Gasteiger partial charge >= 0.3 is 5.97 Å². The molecule has 0 aliphatic rings. The number of Topliss-reactive ketones (excluding diaryl/α,β-unsaturated/α-hetero) is 1. The van der Waals surface area contributed by atoms with Crippen LogP contribution in [0.4, 0.5) is 4.39 Å². The molecule has 1 N–H and O–H groups in total. The number of hydrogen-bond acceptors (Lipinski definition) is 5. The summed E-state index contributed by atoms with van der Waals surface area (Å²) in [7, 11) is 1.25. The fourth-order valence-corrected chi connectivity index (χ4v) is 2.45. The van der Waals surface area contributed by atoms with Crippen LogP contribution < -0.4 is 5.56 Å². The number of H-pyrrole nitrogens is 1. The van der Waals surface area contributed by atoms with E-state index in [0.717, 1.165) is 0 Å². The van der Waals surface area contributed by atoms with Crippen molar-refractivity contribution in [1.82, 2.24) is 9.97 Å². The van der Waals surface area contributed by atoms with E-state index < -0.39 is 23.1 Å². The molecular formula is C18H13FN2O4. The first kappa shape index (κ1) is 16.5. The molecule has 0 amide bonds. The summed E-state index contributed by atoms with van der Waals surface area (Å²) in [5.74, 6) is -1.62. The largest absolute Gasteiger partial charge is 0.465 e. The van der Waals surface area contributed by atoms with Gasteiger partial charge in [-0.05, 0) is 30.3 Å². The van der Waals surface area contributed by atoms with Crippen molar-refractivity contribution in [3.63, 3.8) is 0 Å². The van der Waals surface area contributed by atoms with Gasteiger partial charge in [0.25, 0.3) is 5.56 Å². The zero-order chi connectivity index (χ0) is 18.0. The Balaban J connectivity index is 1.99. The van der Waals surface area contributed by atoms with Crippen LogP contribution >= 0.6 is 0 Å². The van der Waals surface area contributed by atoms with Gasteiger partial charge in [-0.15, -0.1) is 0 Å². The molecular weight excluding hydrogens is 327 g/mol. The first-order valence-electron chi connectivity index (χ1n) is 7.38. The molecule has 0 bridgehead atoms. The number of carbonyl (C=O) groups is 2. The average Bonchev–Trinajstić information content (AvgIpc) is 2.60. The Morgan fingerprint density at radius 2 is 1.96 bits per heavy atom. The quantitative estimate of drug-likeness (QED) is 0.581. The molecule has 1 heterocycles. The number of ether oxygens (including phenoxy) is 1. The molecule has 0 saturated carbocycles. The van der Waals surface area contributed by atoms with Crippen LogP contribution in [0.2, 0.25) is 0 Å². The Labute approximate surface area is 141 Å². The molecule has 0 spiro atoms. The topological polar surface area (TPSA) is 89.1 Å². The molecule has 1 aromatic heterocycles. The molecule has 7 heteroatoms. The first-order chi connectivity index (χ1) is 12.0. The molecule has 6 nitrogen and oxygen atoms in total. The van der Waals surface area contributed by atoms with Gasteiger partial charge in [0.15, 0.2) is 5.78 Å². The summed E-state index contributed by atoms with van der Waals surface area (Å²) >= 11 is 0. The number of carbonyl (C=O) groups excluding carboxylic acids is 2. The minimum absolute atomic E-state index is 0.0754. The van der Waals surface area contributed by atoms with Crippen LogP contribution in [-0.2, 0) is 11.2 Å². The van der Waals surface area contributed by atoms with E-state index in [1.807, 2.05) is 0 Å². The van der Waals surface area contributed by atoms with Crippen LogP contribution in [0.1, 0.15) is 26.5 Å². The van der Waals surface area contributed by atoms with E-state index >= 15 is 0 Å². The van der Waals surface area contributed by atoms with Crippen molar-refractivity contribution < 1.29 is 18.7 Å². The lowest BCUT2D eigenvalue weighted by molar-refractivity contribution is 0.0600. The number of aromatic nitrogens is 2. The van der Waals surface area contributed by atoms with Crippen molar-refractivity contribution in [2.24, 2.45) is 0 Å². The van der Waals surface area contributed by atoms with Crippen LogP contribution in [0.25, 0.3) is 10.9 Å². The summed E-state index contributed by atoms with van der Waals surface area (Å²) in [4.78, 5) is 42.7. The third-order valence-electron chi connectivity index (χ3n) is 3.68. The van der Waals surface area contributed by atoms with E-state index in [1.165, 1.54) is 43.5 Å². The highest BCUT2D eigenvalue weighted by atomic mass is 19.1. The standard InChI is InChI=1S/C18H13FN2O4/c1-25-18(24)10-6-7-12-14(8-10)20-16(21-17(12)23)9-15(22)11-4-2-3-5-13(11)19/h2-8H,9H2,1H3,(H,20,21,23). The molecule has 25 heavy (non-hydrogen) atoms. The van der Waals surface area contributed by atoms with Gasteiger partial charge in [0.05, 0.1) is 35.6 Å². The van der Waals surface area contributed by atoms with Crippen LogP contribution in [0.3, 0.4) is 0 Å². The van der Waals surface area contributed by atoms with Crippen LogP contribution in [0, 0.1) is 5.82 Å². The van der Waals surface area contributed by atoms with E-state index in [1.54, 1.807) is 6.07 Å². The minimum atomic E-state index is -0.636. The third-order valence-corrected chi connectivity index (χ3v) is 3.68. The van der Waals surface area contributed by atoms with E-state index in [4.69, 9.17) is 0 Å². The van der Waals surface area contributed by atoms with Gasteiger partial charge in [-0.1, -0.05) is 12.1 Å². The number of rotatable bonds is 4. The van der Waals surface area contributed by atoms with Crippen molar-refractivity contribution in [2.75, 3.05) is 7.11 Å². The van der Waals surface area contributed by atoms with E-state index in [0.29, 0.717) is 0 Å². The Kier molecular flexibility index (Phi) is 4.38. The fourth-order valence-electron chi connectivity index (χ4n) is 2.45. The summed E-state index contributed by atoms with van der Waals surface area (Å²) in [5, 5.41) is 0.273. The van der Waals surface area contributed by atoms with Crippen molar-refractivity contribution in [3.8, 4) is 0 Å². The molecule has 0 aliphatic heterocycles. The predicted molar refractivity (Wildman–Crippen MR) is 88.1 cm³/mol. The maximum Gasteiger partial charge on any atom is 0.337 e. The van der Waals surface area contributed by atoms with Crippen LogP contribution in [-0.4, -0.2) is 28.8 Å². The number of hydrogen-bond donors (Lipinski definition) is 1. The first-order valence-corrected chi connectivity index (χ1v) is 7.38. The lowest BCUT2D eigenvalue weighted by Crippen LogP contribution is -2.16. The number of halogens is 1. The number of ketones is 1. The second-order valence-corrected chi connectivity index (χ2v) is 5.32. The molecule has 126 valence electrons. The highest BCUT2D eigenvalue weighted by Gasteiger charge is 2.15. The molecule has 0 saturated heterocycles. The van der Waals surface area contributed by atoms with Gasteiger partial charge in [0.2, 0.25) is 0 Å². The normalized spacial score (nSPS) is 10.6. The summed E-state index contributed by atoms with van der Waals surface area (Å²) < 4.78 is 18.3. The fraction of sp³-hybridized carbons (Fsp3) is 0.111. The van der Waals surface area contributed by atoms with Crippen LogP contribution in [0.15, 0.2) is 47.3 Å². The van der Waals surface area contributed by atoms with Crippen molar-refractivity contribution >= 4 is 22.7 Å². The number of fused-ring (bicyclic) bond motifs is 1. The van der Waals surface area contributed by atoms with Gasteiger partial charge in [-0.25, -0.2) is 14.2 Å². The molecule has 2 aromatic carbocycles. The SMILES string of the molecule is COC(=O)c1ccc2c(=O)[nH]c(CC(=O)c3ccccc3F)nc2c1. The Morgan fingerprint density at radius 1 is 1.20 bits per heavy atom. The van der Waals surface area contributed by atoms with E-state index in [2.05, 4.69) is 14.7 Å². The van der Waals surface area contributed by atoms with Crippen LogP contribution in [0.5, 0.6) is 0 Å². The average molecular weight is 340 g/mol. The zero-order valence-corrected chi connectivity index (χ0v) is 13.2. The summed E-state index contributed by atoms with van der Waals surface area (Å²) in [5.41, 5.74) is -0.0335. The summed E-state index contributed by atoms with van der Waals surface area (Å²) in [6.07, 6.45) is -0.269. The lowest BCUT2D eigenvalue weighted by Gasteiger charge is -2.05. The molecule has 0 aliphatic carbocycles. The number of benzene rings is 2. The van der Waals surface area contributed by atoms with Gasteiger partial charge in [-0.2, -0.15) is 0 Å². The monoisotopic (exact) mass is 340 g/mol. The number of nitrogens with zero attached hydrogens (tertiary/aromatic N) is 1. The minimum Gasteiger partial charge on any atom is -0.465 e. The Bertz CT molecular complexity index is 1040. The van der Waals surface area contributed by atoms with Gasteiger partial charge < -0.3 is 9.72 Å². The van der Waals surface area contributed by atoms with Crippen molar-refractivity contribution in [3.05, 3.63) is 75.6 Å². The maximum absolute atomic E-state index is 13.7. The smallest absolute Gasteiger partial charge is 0.337 e. The summed E-state index contributed by atoms with van der Waals surface area (Å²) in [6, 6.07) is 9.91. The second-order valence-electron chi connectivity index (χ2n) is 5.32. The molecule has 0 fully saturated rings. The highest BCUT2D eigenvalue weighted by molar-refractivity contribution is 5.97. The zero-order valence-electron chi connectivity index (χ0n) is 13.2. The van der Waals surface area contributed by atoms with E-state index in [-0.39, 0.29) is 34.3 Å². The maximum atomic E-state index is 13.7.